The third kappa shape index (κ3) is 3.19. The fourth-order valence-corrected chi connectivity index (χ4v) is 4.77. The predicted molar refractivity (Wildman–Crippen MR) is 95.2 cm³/mol. The number of hydrogen-bond acceptors (Lipinski definition) is 3. The minimum atomic E-state index is 0.0982. The van der Waals surface area contributed by atoms with Crippen molar-refractivity contribution in [2.45, 2.75) is 38.1 Å². The van der Waals surface area contributed by atoms with Crippen LogP contribution in [0.2, 0.25) is 0 Å². The number of likely N-dealkylation sites (tertiary alicyclic amines) is 3. The number of H-pyrrole nitrogens is 1. The molecule has 0 unspecified atom stereocenters. The number of likely N-dealkylation sites (N-methyl/N-ethyl adjacent to an activating group) is 1. The lowest BCUT2D eigenvalue weighted by atomic mass is 9.72. The molecule has 2 amide bonds. The highest BCUT2D eigenvalue weighted by Crippen LogP contribution is 2.41. The van der Waals surface area contributed by atoms with Crippen LogP contribution in [0.15, 0.2) is 18.3 Å². The van der Waals surface area contributed by atoms with Crippen LogP contribution in [-0.4, -0.2) is 77.3 Å². The van der Waals surface area contributed by atoms with Gasteiger partial charge < -0.3 is 19.7 Å². The molecule has 1 aromatic heterocycles. The Bertz CT molecular complexity index is 634. The maximum absolute atomic E-state index is 12.5. The number of amides is 2. The van der Waals surface area contributed by atoms with E-state index >= 15 is 0 Å². The summed E-state index contributed by atoms with van der Waals surface area (Å²) in [6, 6.07) is 4.08. The number of aromatic nitrogens is 1. The van der Waals surface area contributed by atoms with Gasteiger partial charge in [0, 0.05) is 44.8 Å². The van der Waals surface area contributed by atoms with Gasteiger partial charge in [-0.15, -0.1) is 0 Å². The van der Waals surface area contributed by atoms with Crippen molar-refractivity contribution < 1.29 is 9.59 Å². The molecule has 0 aromatic carbocycles. The summed E-state index contributed by atoms with van der Waals surface area (Å²) in [6.45, 7) is 4.56. The minimum Gasteiger partial charge on any atom is -0.357 e. The van der Waals surface area contributed by atoms with Gasteiger partial charge in [-0.25, -0.2) is 0 Å². The summed E-state index contributed by atoms with van der Waals surface area (Å²) in [5, 5.41) is 0. The van der Waals surface area contributed by atoms with Crippen LogP contribution in [0.1, 0.15) is 42.6 Å². The maximum atomic E-state index is 12.5. The average Bonchev–Trinajstić information content (AvgIpc) is 3.29. The normalized spacial score (nSPS) is 27.2. The Labute approximate surface area is 149 Å². The molecule has 4 rings (SSSR count). The monoisotopic (exact) mass is 344 g/mol. The lowest BCUT2D eigenvalue weighted by molar-refractivity contribution is -0.141. The molecule has 3 saturated heterocycles. The smallest absolute Gasteiger partial charge is 0.270 e. The molecule has 6 heteroatoms. The topological polar surface area (TPSA) is 59.6 Å². The molecule has 1 spiro atoms. The number of piperidine rings is 2. The van der Waals surface area contributed by atoms with Crippen LogP contribution in [0.3, 0.4) is 0 Å². The maximum Gasteiger partial charge on any atom is 0.270 e. The van der Waals surface area contributed by atoms with Gasteiger partial charge in [0.15, 0.2) is 0 Å². The van der Waals surface area contributed by atoms with E-state index in [1.165, 1.54) is 0 Å². The van der Waals surface area contributed by atoms with Crippen molar-refractivity contribution in [1.29, 1.82) is 0 Å². The van der Waals surface area contributed by atoms with Gasteiger partial charge in [0.1, 0.15) is 5.69 Å². The number of rotatable bonds is 2. The first-order valence-electron chi connectivity index (χ1n) is 9.47. The Hall–Kier alpha value is -1.82. The standard InChI is InChI=1S/C19H28N4O2/c1-21-10-5-15(13-21)23-14-19(6-4-17(23)24)7-11-22(12-8-19)18(25)16-3-2-9-20-16/h2-3,9,15,20H,4-8,10-14H2,1H3/t15-/m0/s1. The highest BCUT2D eigenvalue weighted by Gasteiger charge is 2.44. The van der Waals surface area contributed by atoms with Crippen LogP contribution < -0.4 is 0 Å². The van der Waals surface area contributed by atoms with Gasteiger partial charge >= 0.3 is 0 Å². The molecule has 0 radical (unpaired) electrons. The summed E-state index contributed by atoms with van der Waals surface area (Å²) in [5.74, 6) is 0.428. The van der Waals surface area contributed by atoms with E-state index in [9.17, 15) is 9.59 Å². The first kappa shape index (κ1) is 16.6. The predicted octanol–water partition coefficient (Wildman–Crippen LogP) is 1.56. The molecule has 1 atom stereocenters. The number of nitrogens with one attached hydrogen (secondary N) is 1. The average molecular weight is 344 g/mol. The third-order valence-electron chi connectivity index (χ3n) is 6.44. The highest BCUT2D eigenvalue weighted by atomic mass is 16.2. The van der Waals surface area contributed by atoms with Crippen LogP contribution in [0, 0.1) is 5.41 Å². The van der Waals surface area contributed by atoms with Crippen LogP contribution in [0.5, 0.6) is 0 Å². The second-order valence-corrected chi connectivity index (χ2v) is 8.10. The molecule has 0 aliphatic carbocycles. The van der Waals surface area contributed by atoms with Crippen molar-refractivity contribution in [3.8, 4) is 0 Å². The second kappa shape index (κ2) is 6.48. The number of aromatic amines is 1. The molecular weight excluding hydrogens is 316 g/mol. The quantitative estimate of drug-likeness (QED) is 0.886. The molecular formula is C19H28N4O2. The molecule has 4 heterocycles. The SMILES string of the molecule is CN1CC[C@H](N2CC3(CCC2=O)CCN(C(=O)c2ccc[nH]2)CC3)C1. The molecule has 3 fully saturated rings. The summed E-state index contributed by atoms with van der Waals surface area (Å²) in [7, 11) is 2.13. The Balaban J connectivity index is 1.40. The largest absolute Gasteiger partial charge is 0.357 e. The van der Waals surface area contributed by atoms with Crippen molar-refractivity contribution in [2.75, 3.05) is 39.8 Å². The molecule has 6 nitrogen and oxygen atoms in total. The molecule has 25 heavy (non-hydrogen) atoms. The number of carbonyl (C=O) groups is 2. The Morgan fingerprint density at radius 3 is 2.68 bits per heavy atom. The van der Waals surface area contributed by atoms with Gasteiger partial charge in [0.2, 0.25) is 5.91 Å². The fraction of sp³-hybridized carbons (Fsp3) is 0.684. The van der Waals surface area contributed by atoms with Crippen molar-refractivity contribution in [2.24, 2.45) is 5.41 Å². The first-order valence-corrected chi connectivity index (χ1v) is 9.47. The van der Waals surface area contributed by atoms with E-state index < -0.39 is 0 Å². The van der Waals surface area contributed by atoms with Gasteiger partial charge in [-0.1, -0.05) is 0 Å². The number of carbonyl (C=O) groups excluding carboxylic acids is 2. The third-order valence-corrected chi connectivity index (χ3v) is 6.44. The van der Waals surface area contributed by atoms with Crippen molar-refractivity contribution in [3.63, 3.8) is 0 Å². The van der Waals surface area contributed by atoms with Crippen LogP contribution >= 0.6 is 0 Å². The Morgan fingerprint density at radius 1 is 1.24 bits per heavy atom. The molecule has 1 N–H and O–H groups in total. The molecule has 3 aliphatic heterocycles. The van der Waals surface area contributed by atoms with E-state index in [1.54, 1.807) is 6.20 Å². The molecule has 0 bridgehead atoms. The molecule has 3 aliphatic rings. The van der Waals surface area contributed by atoms with Crippen molar-refractivity contribution >= 4 is 11.8 Å². The van der Waals surface area contributed by atoms with Gasteiger partial charge in [0.25, 0.3) is 5.91 Å². The van der Waals surface area contributed by atoms with E-state index in [0.717, 1.165) is 58.4 Å². The number of hydrogen-bond donors (Lipinski definition) is 1. The molecule has 136 valence electrons. The van der Waals surface area contributed by atoms with Crippen molar-refractivity contribution in [3.05, 3.63) is 24.0 Å². The zero-order valence-corrected chi connectivity index (χ0v) is 15.0. The second-order valence-electron chi connectivity index (χ2n) is 8.10. The summed E-state index contributed by atoms with van der Waals surface area (Å²) in [4.78, 5) is 34.4. The van der Waals surface area contributed by atoms with Gasteiger partial charge in [-0.05, 0) is 56.8 Å². The molecule has 0 saturated carbocycles. The summed E-state index contributed by atoms with van der Waals surface area (Å²) in [5.41, 5.74) is 0.882. The van der Waals surface area contributed by atoms with E-state index in [0.29, 0.717) is 24.1 Å². The van der Waals surface area contributed by atoms with E-state index in [2.05, 4.69) is 21.8 Å². The Morgan fingerprint density at radius 2 is 2.04 bits per heavy atom. The lowest BCUT2D eigenvalue weighted by Gasteiger charge is -2.48. The summed E-state index contributed by atoms with van der Waals surface area (Å²) < 4.78 is 0. The van der Waals surface area contributed by atoms with Crippen LogP contribution in [0.25, 0.3) is 0 Å². The zero-order valence-electron chi connectivity index (χ0n) is 15.0. The first-order chi connectivity index (χ1) is 12.1. The summed E-state index contributed by atoms with van der Waals surface area (Å²) in [6.07, 6.45) is 6.55. The van der Waals surface area contributed by atoms with Crippen LogP contribution in [-0.2, 0) is 4.79 Å². The van der Waals surface area contributed by atoms with Gasteiger partial charge in [-0.2, -0.15) is 0 Å². The minimum absolute atomic E-state index is 0.0982. The van der Waals surface area contributed by atoms with Gasteiger partial charge in [0.05, 0.1) is 0 Å². The Kier molecular flexibility index (Phi) is 4.31. The van der Waals surface area contributed by atoms with Gasteiger partial charge in [-0.3, -0.25) is 9.59 Å². The van der Waals surface area contributed by atoms with E-state index in [4.69, 9.17) is 0 Å². The van der Waals surface area contributed by atoms with Crippen molar-refractivity contribution in [1.82, 2.24) is 19.7 Å². The highest BCUT2D eigenvalue weighted by molar-refractivity contribution is 5.92. The van der Waals surface area contributed by atoms with Crippen LogP contribution in [0.4, 0.5) is 0 Å². The molecule has 1 aromatic rings. The number of nitrogens with zero attached hydrogens (tertiary/aromatic N) is 3. The fourth-order valence-electron chi connectivity index (χ4n) is 4.77. The summed E-state index contributed by atoms with van der Waals surface area (Å²) >= 11 is 0. The van der Waals surface area contributed by atoms with E-state index in [-0.39, 0.29) is 11.3 Å². The zero-order chi connectivity index (χ0) is 17.4. The van der Waals surface area contributed by atoms with E-state index in [1.807, 2.05) is 17.0 Å². The lowest BCUT2D eigenvalue weighted by Crippen LogP contribution is -2.55.